The van der Waals surface area contributed by atoms with E-state index in [-0.39, 0.29) is 18.4 Å². The molecule has 0 spiro atoms. The van der Waals surface area contributed by atoms with Crippen molar-refractivity contribution >= 4 is 33.6 Å². The van der Waals surface area contributed by atoms with E-state index in [1.54, 1.807) is 13.3 Å². The zero-order valence-corrected chi connectivity index (χ0v) is 16.7. The normalized spacial score (nSPS) is 16.0. The van der Waals surface area contributed by atoms with Gasteiger partial charge in [-0.3, -0.25) is 14.5 Å². The fraction of sp³-hybridized carbons (Fsp3) is 0.350. The highest BCUT2D eigenvalue weighted by atomic mass is 79.9. The number of fused-ring (bicyclic) bond motifs is 2. The molecule has 0 saturated carbocycles. The number of hydrogen-bond acceptors (Lipinski definition) is 4. The summed E-state index contributed by atoms with van der Waals surface area (Å²) in [6, 6.07) is 7.95. The Labute approximate surface area is 166 Å². The third kappa shape index (κ3) is 3.56. The van der Waals surface area contributed by atoms with Crippen molar-refractivity contribution < 1.29 is 14.3 Å². The first-order chi connectivity index (χ1) is 13.0. The average molecular weight is 430 g/mol. The molecular formula is C20H20BrN3O3. The summed E-state index contributed by atoms with van der Waals surface area (Å²) in [5.41, 5.74) is 3.33. The predicted octanol–water partition coefficient (Wildman–Crippen LogP) is 2.72. The molecule has 0 atom stereocenters. The number of halogens is 1. The Morgan fingerprint density at radius 3 is 2.85 bits per heavy atom. The smallest absolute Gasteiger partial charge is 0.243 e. The lowest BCUT2D eigenvalue weighted by molar-refractivity contribution is -0.132. The summed E-state index contributed by atoms with van der Waals surface area (Å²) < 4.78 is 6.17. The lowest BCUT2D eigenvalue weighted by atomic mass is 9.99. The lowest BCUT2D eigenvalue weighted by Gasteiger charge is -2.33. The van der Waals surface area contributed by atoms with E-state index in [1.165, 1.54) is 10.5 Å². The quantitative estimate of drug-likeness (QED) is 0.752. The molecular weight excluding hydrogens is 410 g/mol. The second-order valence-corrected chi connectivity index (χ2v) is 7.73. The molecule has 6 nitrogen and oxygen atoms in total. The van der Waals surface area contributed by atoms with Gasteiger partial charge in [-0.25, -0.2) is 4.98 Å². The van der Waals surface area contributed by atoms with Crippen molar-refractivity contribution in [2.45, 2.75) is 25.8 Å². The standard InChI is InChI=1S/C20H20BrN3O3/c1-27-17-4-2-13-6-7-23(11-15(13)9-17)19(26)12-24-18(25)5-3-14-8-16(21)10-22-20(14)24/h2,4,8-10H,3,5-7,11-12H2,1H3. The molecule has 0 radical (unpaired) electrons. The van der Waals surface area contributed by atoms with E-state index in [1.807, 2.05) is 23.1 Å². The van der Waals surface area contributed by atoms with E-state index in [2.05, 4.69) is 27.0 Å². The van der Waals surface area contributed by atoms with E-state index < -0.39 is 0 Å². The highest BCUT2D eigenvalue weighted by molar-refractivity contribution is 9.10. The van der Waals surface area contributed by atoms with Crippen molar-refractivity contribution in [1.29, 1.82) is 0 Å². The highest BCUT2D eigenvalue weighted by Crippen LogP contribution is 2.29. The number of aryl methyl sites for hydroxylation is 1. The summed E-state index contributed by atoms with van der Waals surface area (Å²) in [4.78, 5) is 33.1. The van der Waals surface area contributed by atoms with Gasteiger partial charge in [-0.1, -0.05) is 6.07 Å². The Hall–Kier alpha value is -2.41. The number of hydrogen-bond donors (Lipinski definition) is 0. The first kappa shape index (κ1) is 18.0. The van der Waals surface area contributed by atoms with Gasteiger partial charge in [0.2, 0.25) is 11.8 Å². The number of methoxy groups -OCH3 is 1. The van der Waals surface area contributed by atoms with Gasteiger partial charge in [0.05, 0.1) is 7.11 Å². The van der Waals surface area contributed by atoms with Crippen LogP contribution in [0.4, 0.5) is 5.82 Å². The minimum atomic E-state index is -0.0608. The second-order valence-electron chi connectivity index (χ2n) is 6.82. The zero-order valence-electron chi connectivity index (χ0n) is 15.1. The Bertz CT molecular complexity index is 915. The summed E-state index contributed by atoms with van der Waals surface area (Å²) in [6.45, 7) is 1.22. The van der Waals surface area contributed by atoms with E-state index in [0.717, 1.165) is 27.8 Å². The maximum Gasteiger partial charge on any atom is 0.243 e. The van der Waals surface area contributed by atoms with Crippen LogP contribution >= 0.6 is 15.9 Å². The highest BCUT2D eigenvalue weighted by Gasteiger charge is 2.30. The Kier molecular flexibility index (Phi) is 4.86. The summed E-state index contributed by atoms with van der Waals surface area (Å²) in [7, 11) is 1.64. The van der Waals surface area contributed by atoms with Crippen molar-refractivity contribution in [2.75, 3.05) is 25.1 Å². The monoisotopic (exact) mass is 429 g/mol. The van der Waals surface area contributed by atoms with Crippen molar-refractivity contribution in [3.05, 3.63) is 51.6 Å². The van der Waals surface area contributed by atoms with E-state index >= 15 is 0 Å². The summed E-state index contributed by atoms with van der Waals surface area (Å²) in [6.07, 6.45) is 3.53. The van der Waals surface area contributed by atoms with E-state index in [9.17, 15) is 9.59 Å². The van der Waals surface area contributed by atoms with Crippen molar-refractivity contribution in [3.63, 3.8) is 0 Å². The third-order valence-electron chi connectivity index (χ3n) is 5.15. The Balaban J connectivity index is 1.52. The van der Waals surface area contributed by atoms with Crippen molar-refractivity contribution in [1.82, 2.24) is 9.88 Å². The van der Waals surface area contributed by atoms with Crippen molar-refractivity contribution in [3.8, 4) is 5.75 Å². The van der Waals surface area contributed by atoms with Gasteiger partial charge in [0, 0.05) is 30.2 Å². The fourth-order valence-corrected chi connectivity index (χ4v) is 4.05. The van der Waals surface area contributed by atoms with Gasteiger partial charge in [0.25, 0.3) is 0 Å². The van der Waals surface area contributed by atoms with Crippen LogP contribution in [-0.2, 0) is 29.0 Å². The molecule has 0 N–H and O–H groups in total. The van der Waals surface area contributed by atoms with Gasteiger partial charge in [-0.05, 0) is 63.7 Å². The second kappa shape index (κ2) is 7.31. The molecule has 2 aliphatic heterocycles. The maximum absolute atomic E-state index is 12.9. The molecule has 0 fully saturated rings. The molecule has 4 rings (SSSR count). The number of amides is 2. The number of anilines is 1. The van der Waals surface area contributed by atoms with Gasteiger partial charge in [0.15, 0.2) is 0 Å². The SMILES string of the molecule is COc1ccc2c(c1)CN(C(=O)CN1C(=O)CCc3cc(Br)cnc31)CC2. The van der Waals surface area contributed by atoms with Crippen LogP contribution in [0.3, 0.4) is 0 Å². The van der Waals surface area contributed by atoms with Crippen LogP contribution in [0.15, 0.2) is 34.9 Å². The molecule has 0 aliphatic carbocycles. The number of nitrogens with zero attached hydrogens (tertiary/aromatic N) is 3. The first-order valence-corrected chi connectivity index (χ1v) is 9.73. The third-order valence-corrected chi connectivity index (χ3v) is 5.58. The molecule has 1 aromatic heterocycles. The Morgan fingerprint density at radius 2 is 2.04 bits per heavy atom. The summed E-state index contributed by atoms with van der Waals surface area (Å²) >= 11 is 3.41. The summed E-state index contributed by atoms with van der Waals surface area (Å²) in [5, 5.41) is 0. The van der Waals surface area contributed by atoms with Crippen molar-refractivity contribution in [2.24, 2.45) is 0 Å². The van der Waals surface area contributed by atoms with E-state index in [4.69, 9.17) is 4.74 Å². The Morgan fingerprint density at radius 1 is 1.19 bits per heavy atom. The number of carbonyl (C=O) groups excluding carboxylic acids is 2. The molecule has 0 unspecified atom stereocenters. The van der Waals surface area contributed by atoms with Crippen LogP contribution in [0.25, 0.3) is 0 Å². The number of carbonyl (C=O) groups is 2. The molecule has 0 bridgehead atoms. The van der Waals surface area contributed by atoms with Crippen LogP contribution in [0.5, 0.6) is 5.75 Å². The van der Waals surface area contributed by atoms with E-state index in [0.29, 0.717) is 31.7 Å². The molecule has 27 heavy (non-hydrogen) atoms. The number of ether oxygens (including phenoxy) is 1. The molecule has 3 heterocycles. The van der Waals surface area contributed by atoms with Gasteiger partial charge in [0.1, 0.15) is 18.1 Å². The van der Waals surface area contributed by atoms with Crippen LogP contribution < -0.4 is 9.64 Å². The van der Waals surface area contributed by atoms with Gasteiger partial charge < -0.3 is 9.64 Å². The van der Waals surface area contributed by atoms with Crippen LogP contribution in [0.2, 0.25) is 0 Å². The minimum absolute atomic E-state index is 0.0275. The number of benzene rings is 1. The molecule has 2 amide bonds. The number of rotatable bonds is 3. The first-order valence-electron chi connectivity index (χ1n) is 8.93. The molecule has 140 valence electrons. The maximum atomic E-state index is 12.9. The fourth-order valence-electron chi connectivity index (χ4n) is 3.67. The average Bonchev–Trinajstić information content (AvgIpc) is 2.69. The molecule has 7 heteroatoms. The molecule has 1 aromatic carbocycles. The van der Waals surface area contributed by atoms with Gasteiger partial charge in [-0.2, -0.15) is 0 Å². The van der Waals surface area contributed by atoms with Crippen LogP contribution in [0, 0.1) is 0 Å². The molecule has 0 saturated heterocycles. The number of aromatic nitrogens is 1. The minimum Gasteiger partial charge on any atom is -0.497 e. The van der Waals surface area contributed by atoms with Crippen LogP contribution in [-0.4, -0.2) is 41.9 Å². The van der Waals surface area contributed by atoms with Gasteiger partial charge >= 0.3 is 0 Å². The largest absolute Gasteiger partial charge is 0.497 e. The molecule has 2 aromatic rings. The zero-order chi connectivity index (χ0) is 19.0. The topological polar surface area (TPSA) is 62.7 Å². The predicted molar refractivity (Wildman–Crippen MR) is 105 cm³/mol. The number of pyridine rings is 1. The van der Waals surface area contributed by atoms with Crippen LogP contribution in [0.1, 0.15) is 23.1 Å². The van der Waals surface area contributed by atoms with Gasteiger partial charge in [-0.15, -0.1) is 0 Å². The summed E-state index contributed by atoms with van der Waals surface area (Å²) in [5.74, 6) is 1.28. The molecule has 2 aliphatic rings. The lowest BCUT2D eigenvalue weighted by Crippen LogP contribution is -2.46.